The van der Waals surface area contributed by atoms with E-state index in [1.807, 2.05) is 54.6 Å². The van der Waals surface area contributed by atoms with E-state index in [4.69, 9.17) is 15.6 Å². The second-order valence-corrected chi connectivity index (χ2v) is 7.21. The van der Waals surface area contributed by atoms with Gasteiger partial charge in [0.25, 0.3) is 0 Å². The van der Waals surface area contributed by atoms with Crippen molar-refractivity contribution in [1.29, 1.82) is 0 Å². The summed E-state index contributed by atoms with van der Waals surface area (Å²) in [5, 5.41) is 21.6. The van der Waals surface area contributed by atoms with Crippen molar-refractivity contribution < 1.29 is 19.7 Å². The second kappa shape index (κ2) is 9.46. The smallest absolute Gasteiger partial charge is 0.240 e. The number of ether oxygens (including phenoxy) is 1. The van der Waals surface area contributed by atoms with Gasteiger partial charge in [-0.3, -0.25) is 4.79 Å². The average Bonchev–Trinajstić information content (AvgIpc) is 3.18. The minimum absolute atomic E-state index is 0.0275. The Labute approximate surface area is 184 Å². The number of benzene rings is 2. The molecule has 4 rings (SSSR count). The van der Waals surface area contributed by atoms with Crippen LogP contribution in [0.1, 0.15) is 0 Å². The largest absolute Gasteiger partial charge is 0.457 e. The first-order valence-corrected chi connectivity index (χ1v) is 10.0. The maximum Gasteiger partial charge on any atom is 0.240 e. The summed E-state index contributed by atoms with van der Waals surface area (Å²) in [5.74, 6) is 1.41. The Hall–Kier alpha value is -3.95. The van der Waals surface area contributed by atoms with Crippen LogP contribution in [0.5, 0.6) is 11.5 Å². The predicted molar refractivity (Wildman–Crippen MR) is 120 cm³/mol. The number of carbonyl (C=O) groups is 1. The molecule has 32 heavy (non-hydrogen) atoms. The van der Waals surface area contributed by atoms with Crippen LogP contribution in [0.25, 0.3) is 22.2 Å². The molecule has 2 aromatic heterocycles. The molecule has 1 atom stereocenters. The molecule has 1 amide bonds. The van der Waals surface area contributed by atoms with Gasteiger partial charge in [-0.25, -0.2) is 9.97 Å². The third-order valence-corrected chi connectivity index (χ3v) is 4.89. The lowest BCUT2D eigenvalue weighted by molar-refractivity contribution is -0.122. The number of hydrogen-bond donors (Lipinski definition) is 4. The Kier molecular flexibility index (Phi) is 6.29. The normalized spacial score (nSPS) is 11.9. The lowest BCUT2D eigenvalue weighted by Crippen LogP contribution is -2.35. The van der Waals surface area contributed by atoms with Crippen molar-refractivity contribution in [1.82, 2.24) is 19.9 Å². The Bertz CT molecular complexity index is 1210. The molecule has 0 aliphatic carbocycles. The van der Waals surface area contributed by atoms with Crippen molar-refractivity contribution in [2.45, 2.75) is 12.6 Å². The Morgan fingerprint density at radius 2 is 1.81 bits per heavy atom. The number of hydrogen-bond acceptors (Lipinski definition) is 7. The van der Waals surface area contributed by atoms with Gasteiger partial charge in [0, 0.05) is 18.3 Å². The molecular weight excluding hydrogens is 410 g/mol. The van der Waals surface area contributed by atoms with Crippen LogP contribution in [0.3, 0.4) is 0 Å². The highest BCUT2D eigenvalue weighted by atomic mass is 16.5. The van der Waals surface area contributed by atoms with Gasteiger partial charge in [0.1, 0.15) is 35.8 Å². The van der Waals surface area contributed by atoms with Gasteiger partial charge >= 0.3 is 0 Å². The molecule has 0 spiro atoms. The van der Waals surface area contributed by atoms with Gasteiger partial charge in [-0.2, -0.15) is 0 Å². The van der Waals surface area contributed by atoms with Crippen LogP contribution in [0.4, 0.5) is 5.82 Å². The number of rotatable bonds is 8. The first-order chi connectivity index (χ1) is 15.5. The van der Waals surface area contributed by atoms with E-state index in [9.17, 15) is 9.90 Å². The summed E-state index contributed by atoms with van der Waals surface area (Å²) >= 11 is 0. The fourth-order valence-corrected chi connectivity index (χ4v) is 3.32. The minimum Gasteiger partial charge on any atom is -0.457 e. The molecule has 5 N–H and O–H groups in total. The first kappa shape index (κ1) is 21.3. The minimum atomic E-state index is -1.01. The molecule has 2 heterocycles. The molecule has 4 aromatic rings. The van der Waals surface area contributed by atoms with Crippen LogP contribution in [0, 0.1) is 0 Å². The van der Waals surface area contributed by atoms with Gasteiger partial charge < -0.3 is 30.6 Å². The van der Waals surface area contributed by atoms with E-state index in [-0.39, 0.29) is 19.0 Å². The highest BCUT2D eigenvalue weighted by molar-refractivity contribution is 6.01. The number of anilines is 1. The summed E-state index contributed by atoms with van der Waals surface area (Å²) in [4.78, 5) is 20.7. The van der Waals surface area contributed by atoms with Crippen molar-refractivity contribution in [3.8, 4) is 22.6 Å². The third-order valence-electron chi connectivity index (χ3n) is 4.89. The number of amides is 1. The van der Waals surface area contributed by atoms with Crippen LogP contribution in [-0.2, 0) is 11.3 Å². The number of para-hydroxylation sites is 1. The van der Waals surface area contributed by atoms with Gasteiger partial charge in [-0.1, -0.05) is 30.3 Å². The van der Waals surface area contributed by atoms with E-state index in [0.29, 0.717) is 22.6 Å². The molecule has 9 nitrogen and oxygen atoms in total. The monoisotopic (exact) mass is 433 g/mol. The highest BCUT2D eigenvalue weighted by Gasteiger charge is 2.17. The zero-order valence-corrected chi connectivity index (χ0v) is 17.2. The molecular formula is C23H23N5O4. The molecule has 9 heteroatoms. The van der Waals surface area contributed by atoms with E-state index in [0.717, 1.165) is 16.9 Å². The summed E-state index contributed by atoms with van der Waals surface area (Å²) in [5.41, 5.74) is 8.31. The molecule has 0 saturated carbocycles. The maximum atomic E-state index is 12.3. The predicted octanol–water partition coefficient (Wildman–Crippen LogP) is 1.94. The van der Waals surface area contributed by atoms with Crippen molar-refractivity contribution in [2.75, 3.05) is 18.9 Å². The number of nitrogen functional groups attached to an aromatic ring is 1. The van der Waals surface area contributed by atoms with Crippen LogP contribution < -0.4 is 15.8 Å². The summed E-state index contributed by atoms with van der Waals surface area (Å²) in [6, 6.07) is 17.0. The number of carbonyl (C=O) groups excluding carboxylic acids is 1. The van der Waals surface area contributed by atoms with Crippen molar-refractivity contribution in [2.24, 2.45) is 0 Å². The molecule has 0 bridgehead atoms. The number of fused-ring (bicyclic) bond motifs is 1. The average molecular weight is 433 g/mol. The third kappa shape index (κ3) is 4.69. The second-order valence-electron chi connectivity index (χ2n) is 7.21. The molecule has 0 saturated heterocycles. The van der Waals surface area contributed by atoms with Crippen LogP contribution in [0.15, 0.2) is 67.1 Å². The molecule has 0 unspecified atom stereocenters. The van der Waals surface area contributed by atoms with Crippen molar-refractivity contribution in [3.63, 3.8) is 0 Å². The zero-order valence-electron chi connectivity index (χ0n) is 17.2. The van der Waals surface area contributed by atoms with E-state index < -0.39 is 12.7 Å². The Morgan fingerprint density at radius 3 is 2.53 bits per heavy atom. The SMILES string of the molecule is Nc1ncnc2c1c(-c1ccc(Oc3ccccc3)cc1)cn2CC(=O)NC[C@@H](O)CO. The van der Waals surface area contributed by atoms with E-state index in [1.54, 1.807) is 10.8 Å². The van der Waals surface area contributed by atoms with Gasteiger partial charge in [0.2, 0.25) is 5.91 Å². The van der Waals surface area contributed by atoms with Gasteiger partial charge in [-0.15, -0.1) is 0 Å². The van der Waals surface area contributed by atoms with E-state index >= 15 is 0 Å². The van der Waals surface area contributed by atoms with Gasteiger partial charge in [0.05, 0.1) is 18.1 Å². The Balaban J connectivity index is 1.60. The summed E-state index contributed by atoms with van der Waals surface area (Å²) < 4.78 is 7.53. The maximum absolute atomic E-state index is 12.3. The molecule has 0 aliphatic rings. The quantitative estimate of drug-likeness (QED) is 0.333. The standard InChI is InChI=1S/C23H23N5O4/c24-22-21-19(15-6-8-18(9-7-15)32-17-4-2-1-3-5-17)11-28(23(21)27-14-26-22)12-20(31)25-10-16(30)13-29/h1-9,11,14,16,29-30H,10,12-13H2,(H,25,31)(H2,24,26,27)/t16-/m1/s1. The van der Waals surface area contributed by atoms with Crippen molar-refractivity contribution >= 4 is 22.8 Å². The lowest BCUT2D eigenvalue weighted by Gasteiger charge is -2.09. The van der Waals surface area contributed by atoms with Gasteiger partial charge in [-0.05, 0) is 29.8 Å². The van der Waals surface area contributed by atoms with Crippen LogP contribution >= 0.6 is 0 Å². The summed E-state index contributed by atoms with van der Waals surface area (Å²) in [6.45, 7) is -0.494. The molecule has 0 aliphatic heterocycles. The lowest BCUT2D eigenvalue weighted by atomic mass is 10.1. The van der Waals surface area contributed by atoms with E-state index in [1.165, 1.54) is 6.33 Å². The zero-order chi connectivity index (χ0) is 22.5. The van der Waals surface area contributed by atoms with Gasteiger partial charge in [0.15, 0.2) is 0 Å². The molecule has 0 fully saturated rings. The highest BCUT2D eigenvalue weighted by Crippen LogP contribution is 2.34. The number of aliphatic hydroxyl groups excluding tert-OH is 2. The van der Waals surface area contributed by atoms with Crippen LogP contribution in [0.2, 0.25) is 0 Å². The number of aliphatic hydroxyl groups is 2. The summed E-state index contributed by atoms with van der Waals surface area (Å²) in [6.07, 6.45) is 2.14. The number of nitrogens with one attached hydrogen (secondary N) is 1. The topological polar surface area (TPSA) is 136 Å². The Morgan fingerprint density at radius 1 is 1.09 bits per heavy atom. The number of aromatic nitrogens is 3. The fraction of sp³-hybridized carbons (Fsp3) is 0.174. The number of nitrogens with zero attached hydrogens (tertiary/aromatic N) is 3. The fourth-order valence-electron chi connectivity index (χ4n) is 3.32. The van der Waals surface area contributed by atoms with Crippen molar-refractivity contribution in [3.05, 3.63) is 67.1 Å². The molecule has 0 radical (unpaired) electrons. The molecule has 2 aromatic carbocycles. The van der Waals surface area contributed by atoms with Crippen LogP contribution in [-0.4, -0.2) is 49.9 Å². The first-order valence-electron chi connectivity index (χ1n) is 10.0. The molecule has 164 valence electrons. The number of nitrogens with two attached hydrogens (primary N) is 1. The van der Waals surface area contributed by atoms with E-state index in [2.05, 4.69) is 15.3 Å². The summed E-state index contributed by atoms with van der Waals surface area (Å²) in [7, 11) is 0.